The molecule has 3 nitrogen and oxygen atoms in total. The molecule has 2 rings (SSSR count). The number of carbonyl (C=O) groups is 1. The average molecular weight is 231 g/mol. The molecule has 1 aromatic carbocycles. The normalized spacial score (nSPS) is 18.8. The Bertz CT molecular complexity index is 409. The minimum atomic E-state index is -0.384. The highest BCUT2D eigenvalue weighted by molar-refractivity contribution is 5.84. The fourth-order valence-corrected chi connectivity index (χ4v) is 1.80. The summed E-state index contributed by atoms with van der Waals surface area (Å²) in [5, 5.41) is 2.72. The fourth-order valence-electron chi connectivity index (χ4n) is 1.80. The minimum absolute atomic E-state index is 0.0748. The highest BCUT2D eigenvalue weighted by atomic mass is 16.6. The lowest BCUT2D eigenvalue weighted by Crippen LogP contribution is -2.22. The Kier molecular flexibility index (Phi) is 3.81. The summed E-state index contributed by atoms with van der Waals surface area (Å²) in [6.45, 7) is 2.01. The van der Waals surface area contributed by atoms with E-state index in [2.05, 4.69) is 11.4 Å². The molecule has 1 unspecified atom stereocenters. The summed E-state index contributed by atoms with van der Waals surface area (Å²) in [4.78, 5) is 11.6. The molecular weight excluding hydrogens is 214 g/mol. The van der Waals surface area contributed by atoms with E-state index in [0.29, 0.717) is 0 Å². The van der Waals surface area contributed by atoms with E-state index in [1.54, 1.807) is 0 Å². The third-order valence-electron chi connectivity index (χ3n) is 2.77. The van der Waals surface area contributed by atoms with E-state index >= 15 is 0 Å². The first-order valence-corrected chi connectivity index (χ1v) is 5.95. The van der Waals surface area contributed by atoms with Gasteiger partial charge < -0.3 is 4.74 Å². The maximum absolute atomic E-state index is 11.6. The predicted molar refractivity (Wildman–Crippen MR) is 68.1 cm³/mol. The van der Waals surface area contributed by atoms with Gasteiger partial charge in [-0.3, -0.25) is 5.32 Å². The van der Waals surface area contributed by atoms with Gasteiger partial charge in [-0.2, -0.15) is 0 Å². The Morgan fingerprint density at radius 3 is 2.76 bits per heavy atom. The molecule has 0 saturated carbocycles. The highest BCUT2D eigenvalue weighted by Gasteiger charge is 2.13. The molecule has 0 heterocycles. The third-order valence-corrected chi connectivity index (χ3v) is 2.77. The number of allylic oxidation sites excluding steroid dienone is 1. The summed E-state index contributed by atoms with van der Waals surface area (Å²) in [7, 11) is 0. The summed E-state index contributed by atoms with van der Waals surface area (Å²) >= 11 is 0. The zero-order valence-corrected chi connectivity index (χ0v) is 9.98. The second kappa shape index (κ2) is 5.53. The van der Waals surface area contributed by atoms with E-state index in [9.17, 15) is 4.79 Å². The maximum Gasteiger partial charge on any atom is 0.412 e. The van der Waals surface area contributed by atoms with Crippen LogP contribution in [0.4, 0.5) is 10.5 Å². The maximum atomic E-state index is 11.6. The van der Waals surface area contributed by atoms with Gasteiger partial charge in [0, 0.05) is 5.69 Å². The van der Waals surface area contributed by atoms with Crippen LogP contribution in [-0.2, 0) is 4.74 Å². The van der Waals surface area contributed by atoms with Crippen molar-refractivity contribution < 1.29 is 9.53 Å². The molecule has 1 N–H and O–H groups in total. The SMILES string of the molecule is Cc1ccc(NC(=O)OC2C=CCCC2)cc1. The Labute approximate surface area is 101 Å². The van der Waals surface area contributed by atoms with Gasteiger partial charge in [0.25, 0.3) is 0 Å². The van der Waals surface area contributed by atoms with E-state index < -0.39 is 0 Å². The van der Waals surface area contributed by atoms with Crippen LogP contribution in [0, 0.1) is 6.92 Å². The number of hydrogen-bond acceptors (Lipinski definition) is 2. The molecule has 1 atom stereocenters. The molecule has 3 heteroatoms. The molecular formula is C14H17NO2. The van der Waals surface area contributed by atoms with Crippen LogP contribution in [0.5, 0.6) is 0 Å². The zero-order chi connectivity index (χ0) is 12.1. The Morgan fingerprint density at radius 2 is 2.12 bits per heavy atom. The lowest BCUT2D eigenvalue weighted by molar-refractivity contribution is 0.126. The van der Waals surface area contributed by atoms with Gasteiger partial charge in [0.05, 0.1) is 0 Å². The Balaban J connectivity index is 1.86. The molecule has 1 aliphatic carbocycles. The molecule has 1 aromatic rings. The van der Waals surface area contributed by atoms with Crippen LogP contribution in [-0.4, -0.2) is 12.2 Å². The van der Waals surface area contributed by atoms with Gasteiger partial charge in [-0.1, -0.05) is 23.8 Å². The van der Waals surface area contributed by atoms with E-state index in [-0.39, 0.29) is 12.2 Å². The van der Waals surface area contributed by atoms with Crippen LogP contribution in [0.3, 0.4) is 0 Å². The lowest BCUT2D eigenvalue weighted by Gasteiger charge is -2.17. The smallest absolute Gasteiger partial charge is 0.412 e. The van der Waals surface area contributed by atoms with Crippen molar-refractivity contribution >= 4 is 11.8 Å². The van der Waals surface area contributed by atoms with Gasteiger partial charge in [-0.15, -0.1) is 0 Å². The zero-order valence-electron chi connectivity index (χ0n) is 9.98. The largest absolute Gasteiger partial charge is 0.442 e. The van der Waals surface area contributed by atoms with Gasteiger partial charge in [0.15, 0.2) is 0 Å². The third kappa shape index (κ3) is 3.63. The van der Waals surface area contributed by atoms with Crippen molar-refractivity contribution in [3.8, 4) is 0 Å². The lowest BCUT2D eigenvalue weighted by atomic mass is 10.1. The molecule has 0 fully saturated rings. The first-order valence-electron chi connectivity index (χ1n) is 5.95. The summed E-state index contributed by atoms with van der Waals surface area (Å²) in [6, 6.07) is 7.65. The number of aryl methyl sites for hydroxylation is 1. The van der Waals surface area contributed by atoms with Gasteiger partial charge in [-0.25, -0.2) is 4.79 Å². The van der Waals surface area contributed by atoms with Crippen molar-refractivity contribution in [3.63, 3.8) is 0 Å². The average Bonchev–Trinajstić information content (AvgIpc) is 2.33. The van der Waals surface area contributed by atoms with Crippen molar-refractivity contribution in [2.45, 2.75) is 32.3 Å². The van der Waals surface area contributed by atoms with Crippen molar-refractivity contribution in [1.82, 2.24) is 0 Å². The topological polar surface area (TPSA) is 38.3 Å². The molecule has 1 amide bonds. The van der Waals surface area contributed by atoms with Crippen molar-refractivity contribution in [1.29, 1.82) is 0 Å². The van der Waals surface area contributed by atoms with Crippen LogP contribution in [0.2, 0.25) is 0 Å². The standard InChI is InChI=1S/C14H17NO2/c1-11-7-9-12(10-8-11)15-14(16)17-13-5-3-2-4-6-13/h3,5,7-10,13H,2,4,6H2,1H3,(H,15,16). The summed E-state index contributed by atoms with van der Waals surface area (Å²) < 4.78 is 5.29. The predicted octanol–water partition coefficient (Wildman–Crippen LogP) is 3.65. The minimum Gasteiger partial charge on any atom is -0.442 e. The molecule has 0 radical (unpaired) electrons. The van der Waals surface area contributed by atoms with E-state index in [1.807, 2.05) is 37.3 Å². The molecule has 0 aromatic heterocycles. The van der Waals surface area contributed by atoms with Crippen LogP contribution >= 0.6 is 0 Å². The van der Waals surface area contributed by atoms with Crippen molar-refractivity contribution in [2.75, 3.05) is 5.32 Å². The van der Waals surface area contributed by atoms with Crippen LogP contribution in [0.15, 0.2) is 36.4 Å². The first-order chi connectivity index (χ1) is 8.24. The van der Waals surface area contributed by atoms with Gasteiger partial charge in [0.1, 0.15) is 6.10 Å². The Morgan fingerprint density at radius 1 is 1.35 bits per heavy atom. The summed E-state index contributed by atoms with van der Waals surface area (Å²) in [5.74, 6) is 0. The van der Waals surface area contributed by atoms with Gasteiger partial charge in [-0.05, 0) is 44.4 Å². The number of hydrogen-bond donors (Lipinski definition) is 1. The molecule has 90 valence electrons. The number of carbonyl (C=O) groups excluding carboxylic acids is 1. The van der Waals surface area contributed by atoms with Crippen LogP contribution < -0.4 is 5.32 Å². The molecule has 0 bridgehead atoms. The monoisotopic (exact) mass is 231 g/mol. The molecule has 17 heavy (non-hydrogen) atoms. The molecule has 1 aliphatic rings. The fraction of sp³-hybridized carbons (Fsp3) is 0.357. The van der Waals surface area contributed by atoms with E-state index in [0.717, 1.165) is 24.9 Å². The van der Waals surface area contributed by atoms with E-state index in [1.165, 1.54) is 5.56 Å². The summed E-state index contributed by atoms with van der Waals surface area (Å²) in [6.07, 6.45) is 6.64. The number of nitrogens with one attached hydrogen (secondary N) is 1. The number of anilines is 1. The van der Waals surface area contributed by atoms with Gasteiger partial charge in [0.2, 0.25) is 0 Å². The highest BCUT2D eigenvalue weighted by Crippen LogP contribution is 2.15. The van der Waals surface area contributed by atoms with E-state index in [4.69, 9.17) is 4.74 Å². The number of ether oxygens (including phenoxy) is 1. The second-order valence-electron chi connectivity index (χ2n) is 4.29. The summed E-state index contributed by atoms with van der Waals surface area (Å²) in [5.41, 5.74) is 1.93. The molecule has 0 saturated heterocycles. The van der Waals surface area contributed by atoms with Crippen molar-refractivity contribution in [2.24, 2.45) is 0 Å². The molecule has 0 spiro atoms. The Hall–Kier alpha value is -1.77. The number of amides is 1. The van der Waals surface area contributed by atoms with Crippen molar-refractivity contribution in [3.05, 3.63) is 42.0 Å². The van der Waals surface area contributed by atoms with Gasteiger partial charge >= 0.3 is 6.09 Å². The first kappa shape index (κ1) is 11.7. The van der Waals surface area contributed by atoms with Crippen LogP contribution in [0.1, 0.15) is 24.8 Å². The quantitative estimate of drug-likeness (QED) is 0.789. The number of benzene rings is 1. The molecule has 0 aliphatic heterocycles. The van der Waals surface area contributed by atoms with Crippen LogP contribution in [0.25, 0.3) is 0 Å². The second-order valence-corrected chi connectivity index (χ2v) is 4.29. The number of rotatable bonds is 2.